The minimum atomic E-state index is -4.23. The Morgan fingerprint density at radius 1 is 1.00 bits per heavy atom. The van der Waals surface area contributed by atoms with E-state index in [1.807, 2.05) is 50.3 Å². The van der Waals surface area contributed by atoms with E-state index in [4.69, 9.17) is 63.0 Å². The second kappa shape index (κ2) is 14.6. The Morgan fingerprint density at radius 2 is 1.59 bits per heavy atom. The predicted molar refractivity (Wildman–Crippen MR) is 176 cm³/mol. The van der Waals surface area contributed by atoms with Crippen LogP contribution in [0.3, 0.4) is 0 Å². The largest absolute Gasteiger partial charge is 0.457 e. The molecule has 0 amide bonds. The van der Waals surface area contributed by atoms with Crippen LogP contribution in [0.4, 0.5) is 0 Å². The fourth-order valence-corrected chi connectivity index (χ4v) is 7.66. The summed E-state index contributed by atoms with van der Waals surface area (Å²) in [5, 5.41) is 7.26. The number of aryl methyl sites for hydroxylation is 1. The molecule has 1 N–H and O–H groups in total. The second-order valence-electron chi connectivity index (χ2n) is 11.9. The molecule has 244 valence electrons. The van der Waals surface area contributed by atoms with Gasteiger partial charge >= 0.3 is 5.97 Å². The van der Waals surface area contributed by atoms with Crippen molar-refractivity contribution in [2.75, 3.05) is 6.61 Å². The Kier molecular flexibility index (Phi) is 12.3. The van der Waals surface area contributed by atoms with E-state index >= 15 is 0 Å². The number of hydrogen-bond acceptors (Lipinski definition) is 10. The van der Waals surface area contributed by atoms with E-state index in [2.05, 4.69) is 20.8 Å². The summed E-state index contributed by atoms with van der Waals surface area (Å²) in [5.74, 6) is -1.35. The number of nitrogens with one attached hydrogen (secondary N) is 1. The van der Waals surface area contributed by atoms with E-state index < -0.39 is 70.6 Å². The fraction of sp³-hybridized carbons (Fsp3) is 0.517. The number of carbonyl (C=O) groups is 1. The van der Waals surface area contributed by atoms with Crippen molar-refractivity contribution < 1.29 is 36.0 Å². The maximum atomic E-state index is 13.1. The van der Waals surface area contributed by atoms with Crippen LogP contribution >= 0.6 is 46.6 Å². The van der Waals surface area contributed by atoms with E-state index in [1.54, 1.807) is 12.1 Å². The van der Waals surface area contributed by atoms with Gasteiger partial charge in [-0.3, -0.25) is 14.4 Å². The third-order valence-electron chi connectivity index (χ3n) is 7.33. The van der Waals surface area contributed by atoms with Crippen LogP contribution in [0.2, 0.25) is 18.1 Å². The number of carbonyl (C=O) groups excluding carboxylic acids is 1. The van der Waals surface area contributed by atoms with Gasteiger partial charge in [-0.05, 0) is 49.3 Å². The van der Waals surface area contributed by atoms with Crippen molar-refractivity contribution in [2.24, 2.45) is 0 Å². The van der Waals surface area contributed by atoms with Crippen LogP contribution in [0, 0.1) is 12.3 Å². The fourth-order valence-electron chi connectivity index (χ4n) is 3.99. The number of hydrogen-bond donors (Lipinski definition) is 1. The number of benzene rings is 2. The monoisotopic (exact) mass is 725 g/mol. The van der Waals surface area contributed by atoms with Crippen LogP contribution in [-0.2, 0) is 37.7 Å². The highest BCUT2D eigenvalue weighted by atomic mass is 35.6. The Hall–Kier alpha value is -1.35. The number of halogens is 3. The van der Waals surface area contributed by atoms with Gasteiger partial charge in [-0.1, -0.05) is 91.5 Å². The summed E-state index contributed by atoms with van der Waals surface area (Å²) in [6, 6.07) is 15.5. The normalized spacial score (nSPS) is 23.2. The zero-order valence-corrected chi connectivity index (χ0v) is 30.4. The van der Waals surface area contributed by atoms with Gasteiger partial charge in [-0.25, -0.2) is 0 Å². The number of ether oxygens (including phenoxy) is 3. The van der Waals surface area contributed by atoms with Crippen LogP contribution in [-0.4, -0.2) is 68.9 Å². The van der Waals surface area contributed by atoms with Crippen molar-refractivity contribution in [1.82, 2.24) is 0 Å². The molecule has 0 bridgehead atoms. The molecule has 5 atom stereocenters. The Balaban J connectivity index is 2.11. The predicted octanol–water partition coefficient (Wildman–Crippen LogP) is 7.27. The van der Waals surface area contributed by atoms with Gasteiger partial charge in [0.25, 0.3) is 13.9 Å². The summed E-state index contributed by atoms with van der Waals surface area (Å²) < 4.78 is 54.2. The summed E-state index contributed by atoms with van der Waals surface area (Å²) in [6.45, 7) is 12.7. The maximum absolute atomic E-state index is 13.1. The third-order valence-corrected chi connectivity index (χ3v) is 14.9. The molecular formula is C29H38Cl3NO8S2Si. The molecule has 44 heavy (non-hydrogen) atoms. The minimum absolute atomic E-state index is 0.0553. The van der Waals surface area contributed by atoms with E-state index in [0.29, 0.717) is 0 Å². The van der Waals surface area contributed by atoms with Crippen molar-refractivity contribution in [3.63, 3.8) is 0 Å². The minimum Gasteiger partial charge on any atom is -0.457 e. The molecule has 1 aliphatic heterocycles. The average molecular weight is 727 g/mol. The molecule has 0 saturated carbocycles. The highest BCUT2D eigenvalue weighted by Crippen LogP contribution is 2.44. The molecule has 2 aromatic rings. The summed E-state index contributed by atoms with van der Waals surface area (Å²) >= 11 is 19.2. The summed E-state index contributed by atoms with van der Waals surface area (Å²) in [7, 11) is -6.84. The van der Waals surface area contributed by atoms with Gasteiger partial charge in [-0.15, -0.1) is 11.8 Å². The smallest absolute Gasteiger partial charge is 0.303 e. The van der Waals surface area contributed by atoms with E-state index in [1.165, 1.54) is 30.8 Å². The van der Waals surface area contributed by atoms with Crippen molar-refractivity contribution >= 4 is 76.9 Å². The van der Waals surface area contributed by atoms with Crippen molar-refractivity contribution in [1.29, 1.82) is 5.41 Å². The summed E-state index contributed by atoms with van der Waals surface area (Å²) in [4.78, 5) is 13.2. The van der Waals surface area contributed by atoms with Gasteiger partial charge < -0.3 is 18.6 Å². The van der Waals surface area contributed by atoms with Crippen LogP contribution in [0.15, 0.2) is 64.4 Å². The molecule has 1 heterocycles. The quantitative estimate of drug-likeness (QED) is 0.0673. The first-order chi connectivity index (χ1) is 20.2. The molecule has 1 fully saturated rings. The topological polar surface area (TPSA) is 121 Å². The SMILES string of the molecule is CC(=O)O[C@H]1[C@H](O[Si](C)(C)C(C)(C)C)[C@@H](Sc2ccccc2)[C@@H](OC(=N)C(Cl)(Cl)Cl)O[C@@H]1COS(=O)(=O)c1ccc(C)cc1. The van der Waals surface area contributed by atoms with Crippen molar-refractivity contribution in [3.05, 3.63) is 60.2 Å². The van der Waals surface area contributed by atoms with Crippen molar-refractivity contribution in [3.8, 4) is 0 Å². The first-order valence-electron chi connectivity index (χ1n) is 13.7. The van der Waals surface area contributed by atoms with E-state index in [9.17, 15) is 13.2 Å². The second-order valence-corrected chi connectivity index (χ2v) is 21.8. The lowest BCUT2D eigenvalue weighted by molar-refractivity contribution is -0.234. The Bertz CT molecular complexity index is 1400. The molecule has 0 radical (unpaired) electrons. The van der Waals surface area contributed by atoms with Crippen LogP contribution in [0.1, 0.15) is 33.3 Å². The molecule has 1 aliphatic rings. The Morgan fingerprint density at radius 3 is 2.11 bits per heavy atom. The lowest BCUT2D eigenvalue weighted by Crippen LogP contribution is -2.63. The highest BCUT2D eigenvalue weighted by molar-refractivity contribution is 8.00. The van der Waals surface area contributed by atoms with Gasteiger partial charge in [-0.2, -0.15) is 8.42 Å². The number of rotatable bonds is 10. The highest BCUT2D eigenvalue weighted by Gasteiger charge is 2.54. The standard InChI is InChI=1S/C29H38Cl3NO8S2Si/c1-18-13-15-21(16-14-18)43(35,36)37-17-22-23(38-19(2)34)24(41-44(6,7)28(3,4)5)25(42-20-11-9-8-10-12-20)26(39-22)40-27(33)29(30,31)32/h8-16,22-26,33H,17H2,1-7H3/t22-,23-,24+,25-,26-/m1/s1. The number of esters is 1. The van der Waals surface area contributed by atoms with Crippen molar-refractivity contribution in [2.45, 2.75) is 96.2 Å². The maximum Gasteiger partial charge on any atom is 0.303 e. The molecule has 9 nitrogen and oxygen atoms in total. The first kappa shape index (κ1) is 37.1. The van der Waals surface area contributed by atoms with Gasteiger partial charge in [0.2, 0.25) is 12.2 Å². The number of alkyl halides is 3. The summed E-state index contributed by atoms with van der Waals surface area (Å²) in [6.07, 6.45) is -4.56. The Labute approximate surface area is 279 Å². The zero-order valence-electron chi connectivity index (χ0n) is 25.5. The van der Waals surface area contributed by atoms with Crippen LogP contribution in [0.25, 0.3) is 0 Å². The lowest BCUT2D eigenvalue weighted by Gasteiger charge is -2.49. The summed E-state index contributed by atoms with van der Waals surface area (Å²) in [5.41, 5.74) is 0.874. The first-order valence-corrected chi connectivity index (χ1v) is 20.0. The molecule has 0 aliphatic carbocycles. The molecule has 1 saturated heterocycles. The molecular weight excluding hydrogens is 689 g/mol. The molecule has 0 unspecified atom stereocenters. The van der Waals surface area contributed by atoms with E-state index in [-0.39, 0.29) is 9.93 Å². The van der Waals surface area contributed by atoms with Gasteiger partial charge in [0.05, 0.1) is 11.5 Å². The number of thioether (sulfide) groups is 1. The lowest BCUT2D eigenvalue weighted by atomic mass is 10.0. The van der Waals surface area contributed by atoms with Crippen LogP contribution in [0.5, 0.6) is 0 Å². The molecule has 0 spiro atoms. The van der Waals surface area contributed by atoms with Crippen LogP contribution < -0.4 is 0 Å². The van der Waals surface area contributed by atoms with Gasteiger partial charge in [0, 0.05) is 11.8 Å². The third kappa shape index (κ3) is 9.82. The molecule has 3 rings (SSSR count). The van der Waals surface area contributed by atoms with Gasteiger partial charge in [0.15, 0.2) is 14.4 Å². The average Bonchev–Trinajstić information content (AvgIpc) is 2.90. The van der Waals surface area contributed by atoms with Gasteiger partial charge in [0.1, 0.15) is 17.5 Å². The molecule has 0 aromatic heterocycles. The molecule has 15 heteroatoms. The zero-order chi connectivity index (χ0) is 33.1. The van der Waals surface area contributed by atoms with E-state index in [0.717, 1.165) is 10.5 Å². The molecule has 2 aromatic carbocycles.